The fraction of sp³-hybridized carbons (Fsp3) is 0.0769. The lowest BCUT2D eigenvalue weighted by atomic mass is 9.51. The third kappa shape index (κ3) is 1.47. The van der Waals surface area contributed by atoms with Gasteiger partial charge in [-0.25, -0.2) is 0 Å². The summed E-state index contributed by atoms with van der Waals surface area (Å²) in [6.45, 7) is 2.13. The number of hydrogen-bond donors (Lipinski definition) is 0. The predicted molar refractivity (Wildman–Crippen MR) is 75.2 cm³/mol. The molecule has 0 aliphatic rings. The van der Waals surface area contributed by atoms with Crippen molar-refractivity contribution in [1.29, 1.82) is 0 Å². The topological polar surface area (TPSA) is 0 Å². The second kappa shape index (κ2) is 3.67. The minimum absolute atomic E-state index is 1.08. The summed E-state index contributed by atoms with van der Waals surface area (Å²) in [5.74, 6) is 0. The summed E-state index contributed by atoms with van der Waals surface area (Å²) in [6, 6.07) is 13.0. The van der Waals surface area contributed by atoms with Crippen molar-refractivity contribution < 1.29 is 0 Å². The molecule has 0 N–H and O–H groups in total. The molecule has 73 valence electrons. The first kappa shape index (κ1) is 9.98. The SMILES string of the molecule is [B][B]c1ccc2sc3ccc(C)cc3c2c1. The van der Waals surface area contributed by atoms with Gasteiger partial charge in [0.1, 0.15) is 0 Å². The molecule has 1 aromatic heterocycles. The summed E-state index contributed by atoms with van der Waals surface area (Å²) in [5.41, 5.74) is 2.38. The van der Waals surface area contributed by atoms with Gasteiger partial charge in [-0.15, -0.1) is 11.3 Å². The van der Waals surface area contributed by atoms with Gasteiger partial charge in [0, 0.05) is 22.5 Å². The molecule has 0 saturated heterocycles. The third-order valence-electron chi connectivity index (χ3n) is 2.84. The number of benzene rings is 2. The van der Waals surface area contributed by atoms with Crippen LogP contribution in [0, 0.1) is 6.92 Å². The van der Waals surface area contributed by atoms with Crippen molar-refractivity contribution in [2.75, 3.05) is 0 Å². The molecule has 3 aromatic rings. The van der Waals surface area contributed by atoms with E-state index in [9.17, 15) is 0 Å². The quantitative estimate of drug-likeness (QED) is 0.552. The Bertz CT molecular complexity index is 670. The molecule has 3 rings (SSSR count). The van der Waals surface area contributed by atoms with E-state index in [0.29, 0.717) is 0 Å². The summed E-state index contributed by atoms with van der Waals surface area (Å²) >= 11 is 1.83. The van der Waals surface area contributed by atoms with Crippen LogP contribution in [-0.2, 0) is 0 Å². The smallest absolute Gasteiger partial charge is 0.0957 e. The van der Waals surface area contributed by atoms with E-state index in [4.69, 9.17) is 7.74 Å². The molecule has 16 heavy (non-hydrogen) atoms. The lowest BCUT2D eigenvalue weighted by Gasteiger charge is -1.97. The minimum atomic E-state index is 1.08. The first-order valence-electron chi connectivity index (χ1n) is 5.26. The van der Waals surface area contributed by atoms with Crippen molar-refractivity contribution in [2.45, 2.75) is 6.92 Å². The molecular weight excluding hydrogens is 210 g/mol. The van der Waals surface area contributed by atoms with Crippen LogP contribution in [0.4, 0.5) is 0 Å². The van der Waals surface area contributed by atoms with Gasteiger partial charge < -0.3 is 0 Å². The molecule has 0 bridgehead atoms. The Morgan fingerprint density at radius 1 is 1.00 bits per heavy atom. The molecular formula is C13H9B2S. The van der Waals surface area contributed by atoms with Crippen LogP contribution in [0.15, 0.2) is 36.4 Å². The normalized spacial score (nSPS) is 11.1. The van der Waals surface area contributed by atoms with E-state index in [-0.39, 0.29) is 0 Å². The number of fused-ring (bicyclic) bond motifs is 3. The minimum Gasteiger partial charge on any atom is -0.135 e. The summed E-state index contributed by atoms with van der Waals surface area (Å²) in [4.78, 5) is 0. The molecule has 3 radical (unpaired) electrons. The Morgan fingerprint density at radius 2 is 1.69 bits per heavy atom. The van der Waals surface area contributed by atoms with Crippen molar-refractivity contribution >= 4 is 51.9 Å². The maximum Gasteiger partial charge on any atom is 0.0957 e. The molecule has 0 fully saturated rings. The third-order valence-corrected chi connectivity index (χ3v) is 3.99. The molecule has 3 heteroatoms. The largest absolute Gasteiger partial charge is 0.135 e. The van der Waals surface area contributed by atoms with Gasteiger partial charge in [0.25, 0.3) is 0 Å². The molecule has 2 aromatic carbocycles. The van der Waals surface area contributed by atoms with E-state index >= 15 is 0 Å². The van der Waals surface area contributed by atoms with Crippen LogP contribution in [0.2, 0.25) is 0 Å². The van der Waals surface area contributed by atoms with Crippen LogP contribution in [0.3, 0.4) is 0 Å². The lowest BCUT2D eigenvalue weighted by Crippen LogP contribution is -2.12. The zero-order valence-corrected chi connectivity index (χ0v) is 9.84. The Kier molecular flexibility index (Phi) is 2.29. The van der Waals surface area contributed by atoms with Crippen molar-refractivity contribution in [3.63, 3.8) is 0 Å². The number of rotatable bonds is 1. The van der Waals surface area contributed by atoms with Gasteiger partial charge in [-0.1, -0.05) is 29.2 Å². The molecule has 0 amide bonds. The van der Waals surface area contributed by atoms with Gasteiger partial charge in [-0.05, 0) is 30.5 Å². The fourth-order valence-electron chi connectivity index (χ4n) is 2.01. The van der Waals surface area contributed by atoms with Gasteiger partial charge in [0.15, 0.2) is 0 Å². The second-order valence-corrected chi connectivity index (χ2v) is 5.11. The summed E-state index contributed by atoms with van der Waals surface area (Å²) in [6.07, 6.45) is 0. The van der Waals surface area contributed by atoms with Crippen LogP contribution in [0.1, 0.15) is 5.56 Å². The van der Waals surface area contributed by atoms with Crippen LogP contribution < -0.4 is 5.46 Å². The summed E-state index contributed by atoms with van der Waals surface area (Å²) in [7, 11) is 7.21. The van der Waals surface area contributed by atoms with Crippen LogP contribution >= 0.6 is 11.3 Å². The Hall–Kier alpha value is -1.21. The Labute approximate surface area is 101 Å². The first-order valence-corrected chi connectivity index (χ1v) is 6.07. The fourth-order valence-corrected chi connectivity index (χ4v) is 3.08. The van der Waals surface area contributed by atoms with E-state index in [1.165, 1.54) is 25.7 Å². The monoisotopic (exact) mass is 219 g/mol. The Morgan fingerprint density at radius 3 is 2.44 bits per heavy atom. The van der Waals surface area contributed by atoms with Crippen LogP contribution in [-0.4, -0.2) is 14.9 Å². The van der Waals surface area contributed by atoms with Crippen molar-refractivity contribution in [3.05, 3.63) is 42.0 Å². The highest BCUT2D eigenvalue weighted by molar-refractivity contribution is 7.25. The predicted octanol–water partition coefficient (Wildman–Crippen LogP) is 2.78. The van der Waals surface area contributed by atoms with Crippen LogP contribution in [0.5, 0.6) is 0 Å². The maximum atomic E-state index is 5.56. The number of thiophene rings is 1. The molecule has 0 spiro atoms. The standard InChI is InChI=1S/C13H9B2S/c1-8-2-4-12-10(6-8)11-7-9(15-14)3-5-13(11)16-12/h2-7H,1H3. The average molecular weight is 219 g/mol. The van der Waals surface area contributed by atoms with Crippen molar-refractivity contribution in [3.8, 4) is 0 Å². The van der Waals surface area contributed by atoms with Gasteiger partial charge in [-0.3, -0.25) is 0 Å². The first-order chi connectivity index (χ1) is 7.78. The molecule has 1 heterocycles. The molecule has 0 saturated carbocycles. The van der Waals surface area contributed by atoms with Gasteiger partial charge >= 0.3 is 0 Å². The molecule has 0 aliphatic carbocycles. The zero-order valence-electron chi connectivity index (χ0n) is 9.03. The second-order valence-electron chi connectivity index (χ2n) is 4.02. The zero-order chi connectivity index (χ0) is 11.1. The van der Waals surface area contributed by atoms with Gasteiger partial charge in [-0.2, -0.15) is 0 Å². The highest BCUT2D eigenvalue weighted by atomic mass is 32.1. The molecule has 0 unspecified atom stereocenters. The highest BCUT2D eigenvalue weighted by Crippen LogP contribution is 2.33. The number of aryl methyl sites for hydroxylation is 1. The molecule has 0 atom stereocenters. The summed E-state index contributed by atoms with van der Waals surface area (Å²) < 4.78 is 2.67. The van der Waals surface area contributed by atoms with E-state index in [2.05, 4.69) is 43.3 Å². The van der Waals surface area contributed by atoms with Crippen molar-refractivity contribution in [1.82, 2.24) is 0 Å². The van der Waals surface area contributed by atoms with E-state index in [0.717, 1.165) is 5.46 Å². The van der Waals surface area contributed by atoms with Crippen LogP contribution in [0.25, 0.3) is 20.2 Å². The molecule has 0 nitrogen and oxygen atoms in total. The van der Waals surface area contributed by atoms with E-state index < -0.39 is 0 Å². The molecule has 0 aliphatic heterocycles. The van der Waals surface area contributed by atoms with E-state index in [1.54, 1.807) is 7.17 Å². The lowest BCUT2D eigenvalue weighted by molar-refractivity contribution is 1.52. The van der Waals surface area contributed by atoms with Crippen molar-refractivity contribution in [2.24, 2.45) is 0 Å². The average Bonchev–Trinajstić information content (AvgIpc) is 2.66. The van der Waals surface area contributed by atoms with Gasteiger partial charge in [0.05, 0.1) is 7.17 Å². The number of hydrogen-bond acceptors (Lipinski definition) is 1. The maximum absolute atomic E-state index is 5.56. The highest BCUT2D eigenvalue weighted by Gasteiger charge is 2.05. The summed E-state index contributed by atoms with van der Waals surface area (Å²) in [5, 5.41) is 2.65. The van der Waals surface area contributed by atoms with Gasteiger partial charge in [0.2, 0.25) is 0 Å². The Balaban J connectivity index is 2.44. The van der Waals surface area contributed by atoms with E-state index in [1.807, 2.05) is 11.3 Å².